The summed E-state index contributed by atoms with van der Waals surface area (Å²) in [7, 11) is 0. The molecule has 9 heterocycles. The Balaban J connectivity index is 0.000000119. The summed E-state index contributed by atoms with van der Waals surface area (Å²) in [5, 5.41) is 24.8. The molecular weight excluding hydrogens is 637 g/mol. The quantitative estimate of drug-likeness (QED) is 0.189. The smallest absolute Gasteiger partial charge is 0.186 e. The number of rotatable bonds is 5. The second-order valence-electron chi connectivity index (χ2n) is 11.2. The molecule has 0 spiro atoms. The molecule has 0 amide bonds. The SMILES string of the molecule is C#Cc1ccc(-c2nnc3ccccn23)nc1.CCc1ccc(-c2nnc3ccccn23)nc1.CCc1ccc(-c2nnc3ccccn23)nc1. The van der Waals surface area contributed by atoms with Crippen LogP contribution in [0.4, 0.5) is 0 Å². The summed E-state index contributed by atoms with van der Waals surface area (Å²) in [6.07, 6.45) is 18.5. The summed E-state index contributed by atoms with van der Waals surface area (Å²) in [4.78, 5) is 13.1. The number of terminal acetylenes is 1. The predicted molar refractivity (Wildman–Crippen MR) is 195 cm³/mol. The summed E-state index contributed by atoms with van der Waals surface area (Å²) in [6.45, 7) is 4.23. The molecular formula is C39H32N12. The van der Waals surface area contributed by atoms with Gasteiger partial charge in [-0.3, -0.25) is 28.2 Å². The van der Waals surface area contributed by atoms with E-state index >= 15 is 0 Å². The molecule has 12 heteroatoms. The lowest BCUT2D eigenvalue weighted by molar-refractivity contribution is 1.06. The van der Waals surface area contributed by atoms with Crippen LogP contribution in [0.5, 0.6) is 0 Å². The Kier molecular flexibility index (Phi) is 9.51. The van der Waals surface area contributed by atoms with E-state index in [2.05, 4.69) is 77.4 Å². The van der Waals surface area contributed by atoms with Crippen LogP contribution in [0.1, 0.15) is 30.5 Å². The predicted octanol–water partition coefficient (Wildman–Crippen LogP) is 6.48. The normalized spacial score (nSPS) is 10.7. The average Bonchev–Trinajstić information content (AvgIpc) is 3.96. The zero-order valence-electron chi connectivity index (χ0n) is 28.0. The third-order valence-electron chi connectivity index (χ3n) is 8.02. The Morgan fingerprint density at radius 3 is 1.18 bits per heavy atom. The second kappa shape index (κ2) is 15.0. The molecule has 9 aromatic heterocycles. The van der Waals surface area contributed by atoms with Crippen molar-refractivity contribution in [3.63, 3.8) is 0 Å². The number of hydrogen-bond donors (Lipinski definition) is 0. The molecule has 9 rings (SSSR count). The van der Waals surface area contributed by atoms with Crippen molar-refractivity contribution < 1.29 is 0 Å². The van der Waals surface area contributed by atoms with Crippen molar-refractivity contribution in [3.8, 4) is 46.9 Å². The van der Waals surface area contributed by atoms with Gasteiger partial charge in [0.1, 0.15) is 17.1 Å². The standard InChI is InChI=1S/2C13H12N4.C13H8N4/c3*1-2-10-6-7-11(14-9-10)13-16-15-12-5-3-4-8-17(12)13/h2*3-9H,2H2,1H3;1,3-9H. The Labute approximate surface area is 293 Å². The largest absolute Gasteiger partial charge is 0.281 e. The van der Waals surface area contributed by atoms with Crippen molar-refractivity contribution in [1.29, 1.82) is 0 Å². The van der Waals surface area contributed by atoms with E-state index in [-0.39, 0.29) is 0 Å². The zero-order valence-corrected chi connectivity index (χ0v) is 28.0. The molecule has 0 N–H and O–H groups in total. The van der Waals surface area contributed by atoms with Gasteiger partial charge in [-0.15, -0.1) is 37.0 Å². The maximum Gasteiger partial charge on any atom is 0.186 e. The van der Waals surface area contributed by atoms with E-state index in [1.165, 1.54) is 11.1 Å². The van der Waals surface area contributed by atoms with Gasteiger partial charge in [-0.05, 0) is 84.6 Å². The van der Waals surface area contributed by atoms with E-state index in [4.69, 9.17) is 6.42 Å². The zero-order chi connectivity index (χ0) is 35.0. The van der Waals surface area contributed by atoms with Crippen LogP contribution >= 0.6 is 0 Å². The number of aromatic nitrogens is 12. The van der Waals surface area contributed by atoms with Crippen molar-refractivity contribution in [2.75, 3.05) is 0 Å². The van der Waals surface area contributed by atoms with Gasteiger partial charge in [-0.1, -0.05) is 50.1 Å². The molecule has 12 nitrogen and oxygen atoms in total. The first-order chi connectivity index (χ1) is 25.1. The van der Waals surface area contributed by atoms with E-state index in [1.807, 2.05) is 123 Å². The lowest BCUT2D eigenvalue weighted by Crippen LogP contribution is -1.92. The number of aryl methyl sites for hydroxylation is 2. The van der Waals surface area contributed by atoms with Gasteiger partial charge in [0, 0.05) is 42.7 Å². The van der Waals surface area contributed by atoms with Gasteiger partial charge in [0.05, 0.1) is 0 Å². The fourth-order valence-electron chi connectivity index (χ4n) is 5.19. The highest BCUT2D eigenvalue weighted by atomic mass is 15.3. The van der Waals surface area contributed by atoms with E-state index in [0.717, 1.165) is 64.1 Å². The number of nitrogens with zero attached hydrogens (tertiary/aromatic N) is 12. The van der Waals surface area contributed by atoms with Crippen LogP contribution in [0.3, 0.4) is 0 Å². The molecule has 0 saturated heterocycles. The minimum Gasteiger partial charge on any atom is -0.281 e. The molecule has 9 aromatic rings. The monoisotopic (exact) mass is 668 g/mol. The molecule has 0 unspecified atom stereocenters. The van der Waals surface area contributed by atoms with Crippen molar-refractivity contribution in [1.82, 2.24) is 58.7 Å². The summed E-state index contributed by atoms with van der Waals surface area (Å²) in [5.74, 6) is 4.81. The van der Waals surface area contributed by atoms with E-state index in [1.54, 1.807) is 6.20 Å². The Bertz CT molecular complexity index is 2440. The molecule has 0 bridgehead atoms. The van der Waals surface area contributed by atoms with E-state index in [9.17, 15) is 0 Å². The molecule has 0 saturated carbocycles. The van der Waals surface area contributed by atoms with Crippen molar-refractivity contribution >= 4 is 16.9 Å². The number of fused-ring (bicyclic) bond motifs is 3. The summed E-state index contributed by atoms with van der Waals surface area (Å²) in [5.41, 5.74) is 8.12. The molecule has 248 valence electrons. The minimum absolute atomic E-state index is 0.712. The molecule has 51 heavy (non-hydrogen) atoms. The maximum absolute atomic E-state index is 5.29. The lowest BCUT2D eigenvalue weighted by atomic mass is 10.2. The van der Waals surface area contributed by atoms with Gasteiger partial charge in [0.15, 0.2) is 34.4 Å². The molecule has 0 aliphatic heterocycles. The Hall–Kier alpha value is -7.13. The first-order valence-electron chi connectivity index (χ1n) is 16.4. The van der Waals surface area contributed by atoms with Gasteiger partial charge in [0.2, 0.25) is 0 Å². The highest BCUT2D eigenvalue weighted by Crippen LogP contribution is 2.18. The van der Waals surface area contributed by atoms with Crippen LogP contribution < -0.4 is 0 Å². The summed E-state index contributed by atoms with van der Waals surface area (Å²) < 4.78 is 5.76. The van der Waals surface area contributed by atoms with Gasteiger partial charge in [0.25, 0.3) is 0 Å². The number of pyridine rings is 6. The minimum atomic E-state index is 0.712. The topological polar surface area (TPSA) is 129 Å². The summed E-state index contributed by atoms with van der Waals surface area (Å²) >= 11 is 0. The van der Waals surface area contributed by atoms with Crippen molar-refractivity contribution in [3.05, 3.63) is 145 Å². The highest BCUT2D eigenvalue weighted by molar-refractivity contribution is 5.57. The van der Waals surface area contributed by atoms with E-state index in [0.29, 0.717) is 5.82 Å². The van der Waals surface area contributed by atoms with Crippen LogP contribution in [-0.4, -0.2) is 58.7 Å². The Morgan fingerprint density at radius 2 is 0.863 bits per heavy atom. The molecule has 0 aromatic carbocycles. The number of hydrogen-bond acceptors (Lipinski definition) is 9. The lowest BCUT2D eigenvalue weighted by Gasteiger charge is -2.00. The van der Waals surface area contributed by atoms with Gasteiger partial charge >= 0.3 is 0 Å². The fourth-order valence-corrected chi connectivity index (χ4v) is 5.19. The first kappa shape index (κ1) is 32.4. The van der Waals surface area contributed by atoms with E-state index < -0.39 is 0 Å². The Morgan fingerprint density at radius 1 is 0.471 bits per heavy atom. The highest BCUT2D eigenvalue weighted by Gasteiger charge is 2.10. The third kappa shape index (κ3) is 7.04. The molecule has 0 atom stereocenters. The third-order valence-corrected chi connectivity index (χ3v) is 8.02. The molecule has 0 aliphatic rings. The van der Waals surface area contributed by atoms with Crippen LogP contribution in [0.2, 0.25) is 0 Å². The van der Waals surface area contributed by atoms with Gasteiger partial charge < -0.3 is 0 Å². The van der Waals surface area contributed by atoms with Gasteiger partial charge in [-0.25, -0.2) is 0 Å². The average molecular weight is 669 g/mol. The molecule has 0 fully saturated rings. The van der Waals surface area contributed by atoms with Crippen LogP contribution in [0.25, 0.3) is 51.5 Å². The van der Waals surface area contributed by atoms with Crippen LogP contribution in [0, 0.1) is 12.3 Å². The van der Waals surface area contributed by atoms with Gasteiger partial charge in [-0.2, -0.15) is 0 Å². The summed E-state index contributed by atoms with van der Waals surface area (Å²) in [6, 6.07) is 29.2. The fraction of sp³-hybridized carbons (Fsp3) is 0.103. The van der Waals surface area contributed by atoms with Crippen molar-refractivity contribution in [2.24, 2.45) is 0 Å². The van der Waals surface area contributed by atoms with Crippen LogP contribution in [-0.2, 0) is 12.8 Å². The molecule has 0 aliphatic carbocycles. The van der Waals surface area contributed by atoms with Crippen molar-refractivity contribution in [2.45, 2.75) is 26.7 Å². The first-order valence-corrected chi connectivity index (χ1v) is 16.4. The maximum atomic E-state index is 5.29. The second-order valence-corrected chi connectivity index (χ2v) is 11.2. The van der Waals surface area contributed by atoms with Crippen LogP contribution in [0.15, 0.2) is 128 Å². The molecule has 0 radical (unpaired) electrons.